The Morgan fingerprint density at radius 2 is 1.71 bits per heavy atom. The number of amides is 1. The Kier molecular flexibility index (Phi) is 10.3. The molecule has 0 atom stereocenters. The lowest BCUT2D eigenvalue weighted by molar-refractivity contribution is -0.122. The van der Waals surface area contributed by atoms with Crippen molar-refractivity contribution in [3.63, 3.8) is 0 Å². The normalized spacial score (nSPS) is 9.07. The van der Waals surface area contributed by atoms with Crippen LogP contribution in [0.25, 0.3) is 0 Å². The fourth-order valence-corrected chi connectivity index (χ4v) is 0.818. The molecule has 0 bridgehead atoms. The van der Waals surface area contributed by atoms with Gasteiger partial charge in [-0.15, -0.1) is 0 Å². The third-order valence-electron chi connectivity index (χ3n) is 1.01. The van der Waals surface area contributed by atoms with Crippen molar-refractivity contribution < 1.29 is 4.79 Å². The summed E-state index contributed by atoms with van der Waals surface area (Å²) in [7, 11) is 6.00. The first-order chi connectivity index (χ1) is 6.32. The summed E-state index contributed by atoms with van der Waals surface area (Å²) in [5.74, 6) is -0.191. The topological polar surface area (TPSA) is 23.6 Å². The molecule has 0 aromatic heterocycles. The Morgan fingerprint density at radius 3 is 1.93 bits per heavy atom. The van der Waals surface area contributed by atoms with E-state index in [0.29, 0.717) is 12.1 Å². The van der Waals surface area contributed by atoms with Gasteiger partial charge in [0.15, 0.2) is 0 Å². The second-order valence-electron chi connectivity index (χ2n) is 3.51. The first-order valence-electron chi connectivity index (χ1n) is 4.57. The number of halogens is 1. The number of rotatable bonds is 3. The van der Waals surface area contributed by atoms with Crippen molar-refractivity contribution in [3.05, 3.63) is 12.2 Å². The van der Waals surface area contributed by atoms with E-state index in [-0.39, 0.29) is 5.91 Å². The Balaban J connectivity index is 0. The van der Waals surface area contributed by atoms with Crippen molar-refractivity contribution >= 4 is 17.7 Å². The van der Waals surface area contributed by atoms with Crippen LogP contribution in [0.2, 0.25) is 0 Å². The van der Waals surface area contributed by atoms with Gasteiger partial charge in [0.2, 0.25) is 0 Å². The number of nitrogens with zero attached hydrogens (tertiary/aromatic N) is 2. The highest BCUT2D eigenvalue weighted by atomic mass is 35.5. The van der Waals surface area contributed by atoms with Crippen LogP contribution in [0, 0.1) is 0 Å². The van der Waals surface area contributed by atoms with Crippen molar-refractivity contribution in [2.75, 3.05) is 27.7 Å². The third kappa shape index (κ3) is 11.5. The van der Waals surface area contributed by atoms with Crippen LogP contribution in [0.4, 0.5) is 0 Å². The number of carbonyl (C=O) groups is 1. The van der Waals surface area contributed by atoms with Gasteiger partial charge in [0.25, 0.3) is 5.91 Å². The molecule has 0 unspecified atom stereocenters. The molecule has 0 aliphatic carbocycles. The molecule has 0 spiro atoms. The Bertz CT molecular complexity index is 178. The van der Waals surface area contributed by atoms with Crippen LogP contribution in [-0.4, -0.2) is 42.9 Å². The van der Waals surface area contributed by atoms with Crippen LogP contribution in [0.1, 0.15) is 20.3 Å². The molecule has 0 radical (unpaired) electrons. The van der Waals surface area contributed by atoms with Crippen molar-refractivity contribution in [1.29, 1.82) is 0 Å². The zero-order valence-corrected chi connectivity index (χ0v) is 10.6. The molecule has 0 heterocycles. The number of carbonyl (C=O) groups excluding carboxylic acids is 1. The second-order valence-corrected chi connectivity index (χ2v) is 3.92. The molecule has 0 aliphatic rings. The van der Waals surface area contributed by atoms with E-state index in [1.54, 1.807) is 6.92 Å². The molecule has 84 valence electrons. The molecule has 14 heavy (non-hydrogen) atoms. The van der Waals surface area contributed by atoms with E-state index in [9.17, 15) is 4.79 Å². The number of hydrogen-bond acceptors (Lipinski definition) is 2. The maximum absolute atomic E-state index is 10.9. The molecular formula is C10H21ClN2O. The van der Waals surface area contributed by atoms with Crippen LogP contribution < -0.4 is 0 Å². The van der Waals surface area contributed by atoms with Crippen molar-refractivity contribution in [2.45, 2.75) is 20.3 Å². The Hall–Kier alpha value is -0.540. The molecule has 3 nitrogen and oxygen atoms in total. The maximum Gasteiger partial charge on any atom is 0.263 e. The highest BCUT2D eigenvalue weighted by Crippen LogP contribution is 2.02. The predicted molar refractivity (Wildman–Crippen MR) is 62.3 cm³/mol. The van der Waals surface area contributed by atoms with E-state index in [1.165, 1.54) is 0 Å². The van der Waals surface area contributed by atoms with Gasteiger partial charge in [-0.05, 0) is 34.5 Å². The molecule has 0 aromatic carbocycles. The lowest BCUT2D eigenvalue weighted by atomic mass is 10.3. The third-order valence-corrected chi connectivity index (χ3v) is 1.33. The van der Waals surface area contributed by atoms with E-state index in [2.05, 4.69) is 6.58 Å². The van der Waals surface area contributed by atoms with Crippen LogP contribution in [-0.2, 0) is 4.79 Å². The fourth-order valence-electron chi connectivity index (χ4n) is 0.505. The average molecular weight is 221 g/mol. The predicted octanol–water partition coefficient (Wildman–Crippen LogP) is 2.13. The SMILES string of the molecule is C=C(C)C(=O)N(Cl)CCC.CN(C)C. The van der Waals surface area contributed by atoms with Gasteiger partial charge in [0.05, 0.1) is 0 Å². The van der Waals surface area contributed by atoms with Crippen LogP contribution >= 0.6 is 11.8 Å². The van der Waals surface area contributed by atoms with Gasteiger partial charge in [-0.1, -0.05) is 13.5 Å². The highest BCUT2D eigenvalue weighted by Gasteiger charge is 2.08. The van der Waals surface area contributed by atoms with E-state index >= 15 is 0 Å². The van der Waals surface area contributed by atoms with Crippen molar-refractivity contribution in [2.24, 2.45) is 0 Å². The van der Waals surface area contributed by atoms with Crippen molar-refractivity contribution in [3.8, 4) is 0 Å². The molecule has 1 amide bonds. The van der Waals surface area contributed by atoms with E-state index in [4.69, 9.17) is 11.8 Å². The minimum Gasteiger partial charge on any atom is -0.312 e. The molecule has 0 saturated carbocycles. The summed E-state index contributed by atoms with van der Waals surface area (Å²) in [6.45, 7) is 7.66. The summed E-state index contributed by atoms with van der Waals surface area (Å²) in [6, 6.07) is 0. The van der Waals surface area contributed by atoms with Gasteiger partial charge < -0.3 is 4.90 Å². The van der Waals surface area contributed by atoms with E-state index < -0.39 is 0 Å². The zero-order chi connectivity index (χ0) is 11.7. The van der Waals surface area contributed by atoms with Gasteiger partial charge >= 0.3 is 0 Å². The summed E-state index contributed by atoms with van der Waals surface area (Å²) in [4.78, 5) is 12.9. The van der Waals surface area contributed by atoms with E-state index in [1.807, 2.05) is 33.0 Å². The van der Waals surface area contributed by atoms with Gasteiger partial charge in [-0.3, -0.25) is 9.21 Å². The largest absolute Gasteiger partial charge is 0.312 e. The lowest BCUT2D eigenvalue weighted by Gasteiger charge is -2.11. The fraction of sp³-hybridized carbons (Fsp3) is 0.700. The van der Waals surface area contributed by atoms with E-state index in [0.717, 1.165) is 10.8 Å². The smallest absolute Gasteiger partial charge is 0.263 e. The Labute approximate surface area is 92.4 Å². The van der Waals surface area contributed by atoms with Crippen LogP contribution in [0.5, 0.6) is 0 Å². The molecule has 0 saturated heterocycles. The van der Waals surface area contributed by atoms with Crippen LogP contribution in [0.3, 0.4) is 0 Å². The summed E-state index contributed by atoms with van der Waals surface area (Å²) in [5.41, 5.74) is 0.475. The van der Waals surface area contributed by atoms with Gasteiger partial charge in [0, 0.05) is 23.9 Å². The molecule has 0 aliphatic heterocycles. The van der Waals surface area contributed by atoms with Crippen LogP contribution in [0.15, 0.2) is 12.2 Å². The zero-order valence-electron chi connectivity index (χ0n) is 9.80. The first-order valence-corrected chi connectivity index (χ1v) is 4.90. The monoisotopic (exact) mass is 220 g/mol. The minimum absolute atomic E-state index is 0.191. The first kappa shape index (κ1) is 15.9. The summed E-state index contributed by atoms with van der Waals surface area (Å²) in [6.07, 6.45) is 0.864. The van der Waals surface area contributed by atoms with Gasteiger partial charge in [0.1, 0.15) is 0 Å². The van der Waals surface area contributed by atoms with Gasteiger partial charge in [-0.2, -0.15) is 0 Å². The molecule has 0 N–H and O–H groups in total. The Morgan fingerprint density at radius 1 is 1.36 bits per heavy atom. The highest BCUT2D eigenvalue weighted by molar-refractivity contribution is 6.23. The average Bonchev–Trinajstić information content (AvgIpc) is 2.02. The second kappa shape index (κ2) is 9.03. The quantitative estimate of drug-likeness (QED) is 0.538. The van der Waals surface area contributed by atoms with Gasteiger partial charge in [-0.25, -0.2) is 0 Å². The standard InChI is InChI=1S/C7H12ClNO.C3H9N/c1-4-5-9(8)7(10)6(2)3;1-4(2)3/h2,4-5H2,1,3H3;1-3H3. The van der Waals surface area contributed by atoms with Crippen molar-refractivity contribution in [1.82, 2.24) is 9.32 Å². The molecule has 4 heteroatoms. The molecule has 0 rings (SSSR count). The molecular weight excluding hydrogens is 200 g/mol. The number of hydrogen-bond donors (Lipinski definition) is 0. The summed E-state index contributed by atoms with van der Waals surface area (Å²) >= 11 is 5.55. The minimum atomic E-state index is -0.191. The summed E-state index contributed by atoms with van der Waals surface area (Å²) < 4.78 is 1.16. The molecule has 0 aromatic rings. The molecule has 0 fully saturated rings. The summed E-state index contributed by atoms with van der Waals surface area (Å²) in [5, 5.41) is 0. The maximum atomic E-state index is 10.9. The lowest BCUT2D eigenvalue weighted by Crippen LogP contribution is -2.22.